The van der Waals surface area contributed by atoms with E-state index in [1.54, 1.807) is 0 Å². The number of rotatable bonds is 6. The molecule has 0 bridgehead atoms. The normalized spacial score (nSPS) is 29.6. The van der Waals surface area contributed by atoms with Gasteiger partial charge in [-0.25, -0.2) is 0 Å². The lowest BCUT2D eigenvalue weighted by molar-refractivity contribution is -0.0909. The molecule has 2 heterocycles. The molecule has 2 aliphatic rings. The summed E-state index contributed by atoms with van der Waals surface area (Å²) in [5.74, 6) is 0.411. The minimum absolute atomic E-state index is 0.0322. The summed E-state index contributed by atoms with van der Waals surface area (Å²) >= 11 is 0. The van der Waals surface area contributed by atoms with Crippen molar-refractivity contribution in [2.45, 2.75) is 25.4 Å². The number of hydrogen-bond donors (Lipinski definition) is 0. The molecule has 4 nitrogen and oxygen atoms in total. The molecule has 2 aliphatic heterocycles. The minimum Gasteiger partial charge on any atom is -0.374 e. The Morgan fingerprint density at radius 1 is 1.11 bits per heavy atom. The molecule has 1 aromatic carbocycles. The molecular weight excluding hydrogens is 244 g/mol. The molecule has 2 fully saturated rings. The van der Waals surface area contributed by atoms with Crippen LogP contribution in [0.1, 0.15) is 12.0 Å². The van der Waals surface area contributed by atoms with Crippen molar-refractivity contribution >= 4 is 0 Å². The first-order valence-electron chi connectivity index (χ1n) is 6.90. The lowest BCUT2D eigenvalue weighted by Crippen LogP contribution is -2.24. The monoisotopic (exact) mass is 264 g/mol. The van der Waals surface area contributed by atoms with Gasteiger partial charge in [-0.3, -0.25) is 0 Å². The molecule has 2 saturated heterocycles. The molecule has 0 amide bonds. The van der Waals surface area contributed by atoms with Crippen LogP contribution in [0, 0.1) is 5.92 Å². The van der Waals surface area contributed by atoms with Gasteiger partial charge in [0.2, 0.25) is 0 Å². The lowest BCUT2D eigenvalue weighted by atomic mass is 10.0. The third-order valence-corrected chi connectivity index (χ3v) is 3.66. The number of fused-ring (bicyclic) bond motifs is 1. The van der Waals surface area contributed by atoms with Gasteiger partial charge >= 0.3 is 0 Å². The van der Waals surface area contributed by atoms with Crippen LogP contribution in [-0.4, -0.2) is 38.8 Å². The molecule has 19 heavy (non-hydrogen) atoms. The Morgan fingerprint density at radius 3 is 2.89 bits per heavy atom. The van der Waals surface area contributed by atoms with Crippen LogP contribution < -0.4 is 0 Å². The second-order valence-corrected chi connectivity index (χ2v) is 4.97. The smallest absolute Gasteiger partial charge is 0.163 e. The van der Waals surface area contributed by atoms with Crippen molar-refractivity contribution in [3.05, 3.63) is 35.9 Å². The third-order valence-electron chi connectivity index (χ3n) is 3.66. The summed E-state index contributed by atoms with van der Waals surface area (Å²) in [7, 11) is 0. The van der Waals surface area contributed by atoms with Crippen molar-refractivity contribution in [1.82, 2.24) is 0 Å². The summed E-state index contributed by atoms with van der Waals surface area (Å²) in [5.41, 5.74) is 1.19. The van der Waals surface area contributed by atoms with E-state index in [-0.39, 0.29) is 12.4 Å². The zero-order valence-corrected chi connectivity index (χ0v) is 11.0. The first-order valence-corrected chi connectivity index (χ1v) is 6.90. The van der Waals surface area contributed by atoms with Gasteiger partial charge in [-0.2, -0.15) is 0 Å². The highest BCUT2D eigenvalue weighted by Crippen LogP contribution is 2.32. The summed E-state index contributed by atoms with van der Waals surface area (Å²) in [6.45, 7) is 3.31. The molecule has 0 aliphatic carbocycles. The molecule has 3 rings (SSSR count). The maximum atomic E-state index is 5.82. The molecule has 4 heteroatoms. The van der Waals surface area contributed by atoms with Crippen LogP contribution in [-0.2, 0) is 25.6 Å². The summed E-state index contributed by atoms with van der Waals surface area (Å²) in [4.78, 5) is 0. The van der Waals surface area contributed by atoms with E-state index in [1.807, 2.05) is 18.2 Å². The second-order valence-electron chi connectivity index (χ2n) is 4.97. The summed E-state index contributed by atoms with van der Waals surface area (Å²) in [6, 6.07) is 10.2. The van der Waals surface area contributed by atoms with Crippen LogP contribution in [0.25, 0.3) is 0 Å². The Kier molecular flexibility index (Phi) is 4.45. The quantitative estimate of drug-likeness (QED) is 0.736. The van der Waals surface area contributed by atoms with Crippen LogP contribution in [0.5, 0.6) is 0 Å². The average molecular weight is 264 g/mol. The fourth-order valence-electron chi connectivity index (χ4n) is 2.62. The summed E-state index contributed by atoms with van der Waals surface area (Å²) in [5, 5.41) is 0. The van der Waals surface area contributed by atoms with Crippen molar-refractivity contribution in [2.75, 3.05) is 26.4 Å². The van der Waals surface area contributed by atoms with Crippen LogP contribution in [0.15, 0.2) is 30.3 Å². The van der Waals surface area contributed by atoms with E-state index in [9.17, 15) is 0 Å². The van der Waals surface area contributed by atoms with E-state index in [0.717, 1.165) is 13.0 Å². The van der Waals surface area contributed by atoms with Crippen molar-refractivity contribution in [3.63, 3.8) is 0 Å². The molecule has 0 radical (unpaired) electrons. The maximum absolute atomic E-state index is 5.82. The van der Waals surface area contributed by atoms with E-state index < -0.39 is 0 Å². The fourth-order valence-corrected chi connectivity index (χ4v) is 2.62. The van der Waals surface area contributed by atoms with Gasteiger partial charge in [-0.15, -0.1) is 0 Å². The zero-order chi connectivity index (χ0) is 12.9. The van der Waals surface area contributed by atoms with E-state index >= 15 is 0 Å². The largest absolute Gasteiger partial charge is 0.374 e. The van der Waals surface area contributed by atoms with Gasteiger partial charge in [0.05, 0.1) is 39.1 Å². The highest BCUT2D eigenvalue weighted by Gasteiger charge is 2.42. The third kappa shape index (κ3) is 3.34. The Labute approximate surface area is 113 Å². The Bertz CT molecular complexity index is 381. The van der Waals surface area contributed by atoms with Gasteiger partial charge in [-0.1, -0.05) is 30.3 Å². The SMILES string of the molecule is c1ccc(COCCO[C@H]2CO[C@@H]3OCC[C@@H]32)cc1. The van der Waals surface area contributed by atoms with Crippen molar-refractivity contribution in [3.8, 4) is 0 Å². The summed E-state index contributed by atoms with van der Waals surface area (Å²) < 4.78 is 22.4. The van der Waals surface area contributed by atoms with Crippen molar-refractivity contribution in [1.29, 1.82) is 0 Å². The molecule has 0 spiro atoms. The first kappa shape index (κ1) is 13.1. The first-order chi connectivity index (χ1) is 9.43. The van der Waals surface area contributed by atoms with Gasteiger partial charge in [0.1, 0.15) is 0 Å². The molecule has 0 N–H and O–H groups in total. The molecule has 104 valence electrons. The van der Waals surface area contributed by atoms with Crippen LogP contribution >= 0.6 is 0 Å². The molecule has 0 unspecified atom stereocenters. The van der Waals surface area contributed by atoms with Gasteiger partial charge in [0, 0.05) is 5.92 Å². The number of ether oxygens (including phenoxy) is 4. The van der Waals surface area contributed by atoms with Crippen LogP contribution in [0.4, 0.5) is 0 Å². The topological polar surface area (TPSA) is 36.9 Å². The summed E-state index contributed by atoms with van der Waals surface area (Å²) in [6.07, 6.45) is 1.18. The number of hydrogen-bond acceptors (Lipinski definition) is 4. The Hall–Kier alpha value is -0.940. The van der Waals surface area contributed by atoms with Crippen molar-refractivity contribution in [2.24, 2.45) is 5.92 Å². The molecule has 3 atom stereocenters. The van der Waals surface area contributed by atoms with E-state index in [2.05, 4.69) is 12.1 Å². The minimum atomic E-state index is -0.0322. The van der Waals surface area contributed by atoms with E-state index in [0.29, 0.717) is 32.3 Å². The maximum Gasteiger partial charge on any atom is 0.163 e. The van der Waals surface area contributed by atoms with Gasteiger partial charge in [-0.05, 0) is 12.0 Å². The molecule has 0 saturated carbocycles. The predicted octanol–water partition coefficient (Wildman–Crippen LogP) is 1.98. The molecule has 0 aromatic heterocycles. The second kappa shape index (κ2) is 6.48. The molecule has 1 aromatic rings. The predicted molar refractivity (Wildman–Crippen MR) is 69.6 cm³/mol. The highest BCUT2D eigenvalue weighted by atomic mass is 16.7. The van der Waals surface area contributed by atoms with E-state index in [4.69, 9.17) is 18.9 Å². The van der Waals surface area contributed by atoms with Crippen molar-refractivity contribution < 1.29 is 18.9 Å². The lowest BCUT2D eigenvalue weighted by Gasteiger charge is -2.15. The average Bonchev–Trinajstić information content (AvgIpc) is 3.04. The number of benzene rings is 1. The van der Waals surface area contributed by atoms with Crippen LogP contribution in [0.3, 0.4) is 0 Å². The Morgan fingerprint density at radius 2 is 2.00 bits per heavy atom. The Balaban J connectivity index is 1.31. The van der Waals surface area contributed by atoms with Gasteiger partial charge in [0.15, 0.2) is 6.29 Å². The van der Waals surface area contributed by atoms with Crippen LogP contribution in [0.2, 0.25) is 0 Å². The zero-order valence-electron chi connectivity index (χ0n) is 11.0. The molecular formula is C15H20O4. The van der Waals surface area contributed by atoms with E-state index in [1.165, 1.54) is 5.56 Å². The standard InChI is InChI=1S/C15H20O4/c1-2-4-12(5-3-1)10-16-8-9-17-14-11-19-15-13(14)6-7-18-15/h1-5,13-15H,6-11H2/t13-,14+,15+/m1/s1. The highest BCUT2D eigenvalue weighted by molar-refractivity contribution is 5.13. The fraction of sp³-hybridized carbons (Fsp3) is 0.600. The van der Waals surface area contributed by atoms with Gasteiger partial charge < -0.3 is 18.9 Å². The van der Waals surface area contributed by atoms with Gasteiger partial charge in [0.25, 0.3) is 0 Å².